The van der Waals surface area contributed by atoms with Crippen molar-refractivity contribution in [1.82, 2.24) is 0 Å². The Morgan fingerprint density at radius 1 is 1.45 bits per heavy atom. The van der Waals surface area contributed by atoms with Gasteiger partial charge in [-0.3, -0.25) is 4.79 Å². The minimum Gasteiger partial charge on any atom is -0.312 e. The molecule has 0 unspecified atom stereocenters. The third kappa shape index (κ3) is 2.56. The minimum absolute atomic E-state index is 0.0273. The molecular weight excluding hydrogens is 275 g/mol. The van der Waals surface area contributed by atoms with Gasteiger partial charge in [0.15, 0.2) is 0 Å². The van der Waals surface area contributed by atoms with Crippen LogP contribution < -0.4 is 5.32 Å². The van der Waals surface area contributed by atoms with Crippen molar-refractivity contribution in [2.24, 2.45) is 0 Å². The summed E-state index contributed by atoms with van der Waals surface area (Å²) in [7, 11) is 0. The van der Waals surface area contributed by atoms with Gasteiger partial charge in [-0.1, -0.05) is 19.1 Å². The van der Waals surface area contributed by atoms with E-state index in [2.05, 4.69) is 11.4 Å². The van der Waals surface area contributed by atoms with Crippen molar-refractivity contribution >= 4 is 22.2 Å². The van der Waals surface area contributed by atoms with E-state index < -0.39 is 11.7 Å². The molecule has 0 atom stereocenters. The number of hydrogen-bond donors (Lipinski definition) is 1. The lowest BCUT2D eigenvalue weighted by atomic mass is 10.1. The zero-order valence-electron chi connectivity index (χ0n) is 11.2. The third-order valence-electron chi connectivity index (χ3n) is 3.02. The Bertz CT molecular complexity index is 700. The van der Waals surface area contributed by atoms with Crippen molar-refractivity contribution in [2.45, 2.75) is 20.3 Å². The van der Waals surface area contributed by atoms with Crippen LogP contribution in [-0.4, -0.2) is 5.91 Å². The number of aryl methyl sites for hydroxylation is 1. The molecule has 0 bridgehead atoms. The van der Waals surface area contributed by atoms with Crippen LogP contribution in [0, 0.1) is 24.1 Å². The van der Waals surface area contributed by atoms with Crippen molar-refractivity contribution in [3.63, 3.8) is 0 Å². The highest BCUT2D eigenvalue weighted by molar-refractivity contribution is 7.16. The summed E-state index contributed by atoms with van der Waals surface area (Å²) in [4.78, 5) is 13.1. The second-order valence-electron chi connectivity index (χ2n) is 4.24. The van der Waals surface area contributed by atoms with Crippen LogP contribution in [0.1, 0.15) is 33.3 Å². The fourth-order valence-electron chi connectivity index (χ4n) is 2.03. The van der Waals surface area contributed by atoms with Crippen LogP contribution in [0.3, 0.4) is 0 Å². The van der Waals surface area contributed by atoms with Gasteiger partial charge in [-0.25, -0.2) is 4.39 Å². The van der Waals surface area contributed by atoms with Crippen molar-refractivity contribution in [2.75, 3.05) is 5.32 Å². The lowest BCUT2D eigenvalue weighted by Gasteiger charge is -2.04. The fraction of sp³-hybridized carbons (Fsp3) is 0.200. The molecule has 2 rings (SSSR count). The quantitative estimate of drug-likeness (QED) is 0.931. The number of nitrogens with one attached hydrogen (secondary N) is 1. The molecule has 0 saturated heterocycles. The molecule has 0 saturated carbocycles. The van der Waals surface area contributed by atoms with Crippen molar-refractivity contribution in [3.05, 3.63) is 51.7 Å². The Morgan fingerprint density at radius 2 is 2.15 bits per heavy atom. The molecule has 102 valence electrons. The normalized spacial score (nSPS) is 10.1. The van der Waals surface area contributed by atoms with Crippen LogP contribution >= 0.6 is 11.3 Å². The average molecular weight is 288 g/mol. The average Bonchev–Trinajstić information content (AvgIpc) is 2.73. The van der Waals surface area contributed by atoms with Gasteiger partial charge in [0, 0.05) is 4.88 Å². The summed E-state index contributed by atoms with van der Waals surface area (Å²) in [6.45, 7) is 3.86. The van der Waals surface area contributed by atoms with Crippen molar-refractivity contribution in [1.29, 1.82) is 5.26 Å². The van der Waals surface area contributed by atoms with Gasteiger partial charge in [0.1, 0.15) is 16.9 Å². The summed E-state index contributed by atoms with van der Waals surface area (Å²) in [6.07, 6.45) is 0.723. The largest absolute Gasteiger partial charge is 0.312 e. The number of thiophene rings is 1. The number of hydrogen-bond acceptors (Lipinski definition) is 3. The first-order valence-electron chi connectivity index (χ1n) is 6.16. The predicted molar refractivity (Wildman–Crippen MR) is 77.5 cm³/mol. The van der Waals surface area contributed by atoms with Crippen molar-refractivity contribution in [3.8, 4) is 6.07 Å². The number of benzene rings is 1. The second kappa shape index (κ2) is 5.85. The number of amides is 1. The molecule has 1 N–H and O–H groups in total. The van der Waals surface area contributed by atoms with E-state index in [1.54, 1.807) is 6.07 Å². The van der Waals surface area contributed by atoms with Gasteiger partial charge in [-0.2, -0.15) is 5.26 Å². The van der Waals surface area contributed by atoms with Gasteiger partial charge in [0.05, 0.1) is 11.1 Å². The summed E-state index contributed by atoms with van der Waals surface area (Å²) in [6, 6.07) is 7.88. The van der Waals surface area contributed by atoms with Gasteiger partial charge in [-0.05, 0) is 31.0 Å². The van der Waals surface area contributed by atoms with Crippen LogP contribution in [0.5, 0.6) is 0 Å². The van der Waals surface area contributed by atoms with Crippen LogP contribution in [0.4, 0.5) is 9.39 Å². The lowest BCUT2D eigenvalue weighted by molar-refractivity contribution is 0.102. The van der Waals surface area contributed by atoms with Crippen molar-refractivity contribution < 1.29 is 9.18 Å². The molecule has 20 heavy (non-hydrogen) atoms. The van der Waals surface area contributed by atoms with Gasteiger partial charge in [-0.15, -0.1) is 11.3 Å². The Balaban J connectivity index is 2.34. The Kier molecular flexibility index (Phi) is 4.16. The molecule has 3 nitrogen and oxygen atoms in total. The molecular formula is C15H13FN2OS. The van der Waals surface area contributed by atoms with E-state index in [0.29, 0.717) is 10.6 Å². The monoisotopic (exact) mass is 288 g/mol. The first-order valence-corrected chi connectivity index (χ1v) is 6.98. The third-order valence-corrected chi connectivity index (χ3v) is 4.08. The van der Waals surface area contributed by atoms with E-state index in [-0.39, 0.29) is 5.56 Å². The maximum absolute atomic E-state index is 13.6. The van der Waals surface area contributed by atoms with E-state index >= 15 is 0 Å². The number of nitriles is 1. The van der Waals surface area contributed by atoms with Gasteiger partial charge in [0.2, 0.25) is 0 Å². The number of halogens is 1. The molecule has 0 radical (unpaired) electrons. The van der Waals surface area contributed by atoms with E-state index in [0.717, 1.165) is 16.9 Å². The predicted octanol–water partition coefficient (Wildman–Crippen LogP) is 3.88. The SMILES string of the molecule is CCc1c(C)sc(NC(=O)c2ccccc2F)c1C#N. The van der Waals surface area contributed by atoms with Crippen LogP contribution in [0.2, 0.25) is 0 Å². The number of carbonyl (C=O) groups excluding carboxylic acids is 1. The highest BCUT2D eigenvalue weighted by atomic mass is 32.1. The maximum Gasteiger partial charge on any atom is 0.259 e. The van der Waals surface area contributed by atoms with E-state index in [1.165, 1.54) is 29.5 Å². The molecule has 0 spiro atoms. The number of rotatable bonds is 3. The van der Waals surface area contributed by atoms with Gasteiger partial charge < -0.3 is 5.32 Å². The number of nitrogens with zero attached hydrogens (tertiary/aromatic N) is 1. The Hall–Kier alpha value is -2.19. The van der Waals surface area contributed by atoms with E-state index in [9.17, 15) is 14.4 Å². The fourth-order valence-corrected chi connectivity index (χ4v) is 3.12. The summed E-state index contributed by atoms with van der Waals surface area (Å²) in [5.41, 5.74) is 1.38. The molecule has 0 aliphatic heterocycles. The zero-order valence-corrected chi connectivity index (χ0v) is 12.0. The van der Waals surface area contributed by atoms with Gasteiger partial charge in [0.25, 0.3) is 5.91 Å². The molecule has 0 aliphatic carbocycles. The minimum atomic E-state index is -0.576. The van der Waals surface area contributed by atoms with E-state index in [4.69, 9.17) is 0 Å². The molecule has 1 aromatic heterocycles. The number of carbonyl (C=O) groups is 1. The second-order valence-corrected chi connectivity index (χ2v) is 5.46. The summed E-state index contributed by atoms with van der Waals surface area (Å²) in [5.74, 6) is -1.11. The van der Waals surface area contributed by atoms with E-state index in [1.807, 2.05) is 13.8 Å². The van der Waals surface area contributed by atoms with Crippen LogP contribution in [0.25, 0.3) is 0 Å². The summed E-state index contributed by atoms with van der Waals surface area (Å²) < 4.78 is 13.6. The zero-order chi connectivity index (χ0) is 14.7. The number of anilines is 1. The molecule has 1 amide bonds. The Morgan fingerprint density at radius 3 is 2.75 bits per heavy atom. The molecule has 1 heterocycles. The summed E-state index contributed by atoms with van der Waals surface area (Å²) >= 11 is 1.34. The Labute approximate surface area is 120 Å². The smallest absolute Gasteiger partial charge is 0.259 e. The molecule has 5 heteroatoms. The maximum atomic E-state index is 13.6. The molecule has 1 aromatic carbocycles. The van der Waals surface area contributed by atoms with Crippen LogP contribution in [0.15, 0.2) is 24.3 Å². The molecule has 0 fully saturated rings. The summed E-state index contributed by atoms with van der Waals surface area (Å²) in [5, 5.41) is 12.3. The standard InChI is InChI=1S/C15H13FN2OS/c1-3-10-9(2)20-15(12(10)8-17)18-14(19)11-6-4-5-7-13(11)16/h4-7H,3H2,1-2H3,(H,18,19). The molecule has 2 aromatic rings. The highest BCUT2D eigenvalue weighted by Gasteiger charge is 2.18. The van der Waals surface area contributed by atoms with Crippen LogP contribution in [-0.2, 0) is 6.42 Å². The topological polar surface area (TPSA) is 52.9 Å². The van der Waals surface area contributed by atoms with Gasteiger partial charge >= 0.3 is 0 Å². The highest BCUT2D eigenvalue weighted by Crippen LogP contribution is 2.33. The molecule has 0 aliphatic rings. The lowest BCUT2D eigenvalue weighted by Crippen LogP contribution is -2.13. The first-order chi connectivity index (χ1) is 9.58. The first kappa shape index (κ1) is 14.2.